The number of nitrogens with one attached hydrogen (secondary N) is 1. The first-order valence-electron chi connectivity index (χ1n) is 4.43. The molecule has 0 spiro atoms. The highest BCUT2D eigenvalue weighted by Crippen LogP contribution is 2.35. The summed E-state index contributed by atoms with van der Waals surface area (Å²) in [6.07, 6.45) is 5.68. The lowest BCUT2D eigenvalue weighted by Crippen LogP contribution is -2.41. The largest absolute Gasteiger partial charge is 0.255 e. The summed E-state index contributed by atoms with van der Waals surface area (Å²) in [6.45, 7) is 3.27. The second-order valence-electron chi connectivity index (χ2n) is 3.38. The van der Waals surface area contributed by atoms with Gasteiger partial charge in [0.2, 0.25) is 0 Å². The molecular formula is C8H16N2. The number of hydrogen-bond acceptors (Lipinski definition) is 2. The van der Waals surface area contributed by atoms with Crippen LogP contribution in [-0.2, 0) is 0 Å². The fourth-order valence-corrected chi connectivity index (χ4v) is 1.44. The fourth-order valence-electron chi connectivity index (χ4n) is 1.44. The van der Waals surface area contributed by atoms with Crippen molar-refractivity contribution in [3.63, 3.8) is 0 Å². The van der Waals surface area contributed by atoms with Crippen LogP contribution >= 0.6 is 0 Å². The molecule has 2 saturated carbocycles. The van der Waals surface area contributed by atoms with Crippen molar-refractivity contribution in [3.8, 4) is 0 Å². The van der Waals surface area contributed by atoms with Crippen molar-refractivity contribution >= 4 is 0 Å². The predicted molar refractivity (Wildman–Crippen MR) is 41.6 cm³/mol. The summed E-state index contributed by atoms with van der Waals surface area (Å²) in [5.41, 5.74) is 3.44. The van der Waals surface area contributed by atoms with Gasteiger partial charge in [0.15, 0.2) is 0 Å². The maximum Gasteiger partial charge on any atom is 0.0247 e. The average Bonchev–Trinajstić information content (AvgIpc) is 2.77. The van der Waals surface area contributed by atoms with E-state index in [9.17, 15) is 0 Å². The Kier molecular flexibility index (Phi) is 1.66. The molecule has 0 aromatic rings. The van der Waals surface area contributed by atoms with Crippen LogP contribution in [0.1, 0.15) is 32.6 Å². The van der Waals surface area contributed by atoms with Gasteiger partial charge in [-0.15, -0.1) is 0 Å². The molecule has 0 bridgehead atoms. The second kappa shape index (κ2) is 2.51. The van der Waals surface area contributed by atoms with Crippen molar-refractivity contribution in [2.24, 2.45) is 0 Å². The summed E-state index contributed by atoms with van der Waals surface area (Å²) in [5, 5.41) is 2.49. The lowest BCUT2D eigenvalue weighted by atomic mass is 10.5. The first kappa shape index (κ1) is 6.62. The van der Waals surface area contributed by atoms with Gasteiger partial charge in [-0.2, -0.15) is 0 Å². The van der Waals surface area contributed by atoms with Crippen molar-refractivity contribution in [3.05, 3.63) is 0 Å². The second-order valence-corrected chi connectivity index (χ2v) is 3.38. The third kappa shape index (κ3) is 1.32. The van der Waals surface area contributed by atoms with E-state index in [2.05, 4.69) is 17.4 Å². The van der Waals surface area contributed by atoms with Gasteiger partial charge < -0.3 is 0 Å². The lowest BCUT2D eigenvalue weighted by Gasteiger charge is -2.21. The van der Waals surface area contributed by atoms with Crippen LogP contribution in [0.2, 0.25) is 0 Å². The Morgan fingerprint density at radius 2 is 1.70 bits per heavy atom. The lowest BCUT2D eigenvalue weighted by molar-refractivity contribution is 0.171. The molecule has 0 atom stereocenters. The Morgan fingerprint density at radius 3 is 2.00 bits per heavy atom. The zero-order valence-electron chi connectivity index (χ0n) is 6.64. The summed E-state index contributed by atoms with van der Waals surface area (Å²) in [7, 11) is 0. The molecule has 2 heteroatoms. The van der Waals surface area contributed by atoms with Crippen LogP contribution in [0.15, 0.2) is 0 Å². The molecule has 0 unspecified atom stereocenters. The van der Waals surface area contributed by atoms with Crippen LogP contribution in [0.25, 0.3) is 0 Å². The molecule has 0 aromatic carbocycles. The van der Waals surface area contributed by atoms with Crippen molar-refractivity contribution in [1.29, 1.82) is 0 Å². The predicted octanol–water partition coefficient (Wildman–Crippen LogP) is 1.14. The van der Waals surface area contributed by atoms with Crippen LogP contribution in [0.4, 0.5) is 0 Å². The normalized spacial score (nSPS) is 25.8. The van der Waals surface area contributed by atoms with E-state index in [1.54, 1.807) is 0 Å². The third-order valence-corrected chi connectivity index (χ3v) is 2.22. The van der Waals surface area contributed by atoms with E-state index in [1.807, 2.05) is 0 Å². The molecule has 58 valence electrons. The van der Waals surface area contributed by atoms with E-state index in [0.717, 1.165) is 18.6 Å². The van der Waals surface area contributed by atoms with Crippen LogP contribution in [-0.4, -0.2) is 23.6 Å². The summed E-state index contributed by atoms with van der Waals surface area (Å²) >= 11 is 0. The molecule has 2 rings (SSSR count). The van der Waals surface area contributed by atoms with Gasteiger partial charge in [0.05, 0.1) is 0 Å². The van der Waals surface area contributed by atoms with Gasteiger partial charge in [-0.3, -0.25) is 5.43 Å². The number of hydrazine groups is 1. The van der Waals surface area contributed by atoms with E-state index in [-0.39, 0.29) is 0 Å². The molecule has 1 N–H and O–H groups in total. The SMILES string of the molecule is CCNN(C1CC1)C1CC1. The number of hydrogen-bond donors (Lipinski definition) is 1. The van der Waals surface area contributed by atoms with Crippen LogP contribution in [0, 0.1) is 0 Å². The minimum absolute atomic E-state index is 0.896. The molecule has 2 aliphatic carbocycles. The average molecular weight is 140 g/mol. The third-order valence-electron chi connectivity index (χ3n) is 2.22. The monoisotopic (exact) mass is 140 g/mol. The van der Waals surface area contributed by atoms with Gasteiger partial charge >= 0.3 is 0 Å². The molecule has 0 aromatic heterocycles. The molecule has 0 heterocycles. The molecule has 2 nitrogen and oxygen atoms in total. The Hall–Kier alpha value is -0.0800. The van der Waals surface area contributed by atoms with Gasteiger partial charge in [0.1, 0.15) is 0 Å². The summed E-state index contributed by atoms with van der Waals surface area (Å²) in [6, 6.07) is 1.79. The van der Waals surface area contributed by atoms with Crippen molar-refractivity contribution in [2.45, 2.75) is 44.7 Å². The van der Waals surface area contributed by atoms with Crippen LogP contribution < -0.4 is 5.43 Å². The number of rotatable bonds is 4. The van der Waals surface area contributed by atoms with Gasteiger partial charge in [-0.25, -0.2) is 5.01 Å². The van der Waals surface area contributed by atoms with Crippen LogP contribution in [0.5, 0.6) is 0 Å². The molecule has 10 heavy (non-hydrogen) atoms. The van der Waals surface area contributed by atoms with E-state index in [1.165, 1.54) is 25.7 Å². The van der Waals surface area contributed by atoms with E-state index >= 15 is 0 Å². The standard InChI is InChI=1S/C8H16N2/c1-2-9-10(7-3-4-7)8-5-6-8/h7-9H,2-6H2,1H3. The van der Waals surface area contributed by atoms with Gasteiger partial charge in [0.25, 0.3) is 0 Å². The summed E-state index contributed by atoms with van der Waals surface area (Å²) < 4.78 is 0. The molecule has 2 aliphatic rings. The van der Waals surface area contributed by atoms with Crippen molar-refractivity contribution in [2.75, 3.05) is 6.54 Å². The minimum Gasteiger partial charge on any atom is -0.255 e. The molecule has 0 saturated heterocycles. The minimum atomic E-state index is 0.896. The van der Waals surface area contributed by atoms with E-state index < -0.39 is 0 Å². The highest BCUT2D eigenvalue weighted by Gasteiger charge is 2.38. The molecule has 0 aliphatic heterocycles. The zero-order chi connectivity index (χ0) is 6.97. The Labute approximate surface area is 62.6 Å². The summed E-state index contributed by atoms with van der Waals surface area (Å²) in [5.74, 6) is 0. The zero-order valence-corrected chi connectivity index (χ0v) is 6.64. The molecule has 2 fully saturated rings. The first-order chi connectivity index (χ1) is 4.92. The Bertz CT molecular complexity index is 104. The van der Waals surface area contributed by atoms with Gasteiger partial charge in [-0.1, -0.05) is 6.92 Å². The first-order valence-corrected chi connectivity index (χ1v) is 4.43. The number of nitrogens with zero attached hydrogens (tertiary/aromatic N) is 1. The Balaban J connectivity index is 1.80. The Morgan fingerprint density at radius 1 is 1.20 bits per heavy atom. The smallest absolute Gasteiger partial charge is 0.0247 e. The van der Waals surface area contributed by atoms with Gasteiger partial charge in [0, 0.05) is 18.6 Å². The molecule has 0 amide bonds. The maximum absolute atomic E-state index is 3.44. The highest BCUT2D eigenvalue weighted by molar-refractivity contribution is 4.92. The van der Waals surface area contributed by atoms with E-state index in [0.29, 0.717) is 0 Å². The summed E-state index contributed by atoms with van der Waals surface area (Å²) in [4.78, 5) is 0. The topological polar surface area (TPSA) is 15.3 Å². The quantitative estimate of drug-likeness (QED) is 0.589. The van der Waals surface area contributed by atoms with Crippen molar-refractivity contribution < 1.29 is 0 Å². The highest BCUT2D eigenvalue weighted by atomic mass is 15.5. The van der Waals surface area contributed by atoms with Crippen molar-refractivity contribution in [1.82, 2.24) is 10.4 Å². The van der Waals surface area contributed by atoms with Crippen LogP contribution in [0.3, 0.4) is 0 Å². The molecule has 0 radical (unpaired) electrons. The fraction of sp³-hybridized carbons (Fsp3) is 1.00. The van der Waals surface area contributed by atoms with E-state index in [4.69, 9.17) is 0 Å². The molecular weight excluding hydrogens is 124 g/mol. The maximum atomic E-state index is 3.44. The van der Waals surface area contributed by atoms with Gasteiger partial charge in [-0.05, 0) is 25.7 Å².